The van der Waals surface area contributed by atoms with Gasteiger partial charge in [0.05, 0.1) is 27.7 Å². The average molecular weight is 571 g/mol. The third-order valence-corrected chi connectivity index (χ3v) is 8.01. The summed E-state index contributed by atoms with van der Waals surface area (Å²) in [4.78, 5) is 12.8. The normalized spacial score (nSPS) is 11.8. The number of fused-ring (bicyclic) bond motifs is 1. The quantitative estimate of drug-likeness (QED) is 0.296. The molecule has 36 heavy (non-hydrogen) atoms. The van der Waals surface area contributed by atoms with Crippen molar-refractivity contribution in [1.82, 2.24) is 4.57 Å². The van der Waals surface area contributed by atoms with Crippen molar-refractivity contribution in [2.75, 3.05) is 18.0 Å². The molecule has 0 fully saturated rings. The molecule has 3 aromatic carbocycles. The van der Waals surface area contributed by atoms with Crippen LogP contribution < -0.4 is 9.04 Å². The molecule has 0 aliphatic rings. The Morgan fingerprint density at radius 2 is 1.81 bits per heavy atom. The lowest BCUT2D eigenvalue weighted by Gasteiger charge is -2.23. The monoisotopic (exact) mass is 570 g/mol. The largest absolute Gasteiger partial charge is 0.496 e. The standard InChI is InChI=1S/C25H23BrN4O5S/c1-16-8-10-17(11-9-16)30(36(33,34)18-12-13-22(35-3)20(26)14-18)15-23(31)27-28-24-19-6-4-5-7-21(19)29(2)25(24)32/h4-14,32H,15H2,1-3H3. The maximum atomic E-state index is 13.6. The number of hydrogen-bond acceptors (Lipinski definition) is 6. The highest BCUT2D eigenvalue weighted by atomic mass is 79.9. The van der Waals surface area contributed by atoms with Crippen molar-refractivity contribution in [3.63, 3.8) is 0 Å². The average Bonchev–Trinajstić information content (AvgIpc) is 3.11. The maximum Gasteiger partial charge on any atom is 0.285 e. The lowest BCUT2D eigenvalue weighted by atomic mass is 10.2. The molecule has 0 spiro atoms. The van der Waals surface area contributed by atoms with Gasteiger partial charge in [0.2, 0.25) is 5.88 Å². The Bertz CT molecular complexity index is 1580. The van der Waals surface area contributed by atoms with Crippen LogP contribution in [0.4, 0.5) is 11.4 Å². The summed E-state index contributed by atoms with van der Waals surface area (Å²) in [7, 11) is -1.02. The minimum atomic E-state index is -4.16. The van der Waals surface area contributed by atoms with Gasteiger partial charge in [-0.15, -0.1) is 10.2 Å². The summed E-state index contributed by atoms with van der Waals surface area (Å²) in [5.74, 6) is -0.492. The lowest BCUT2D eigenvalue weighted by Crippen LogP contribution is -2.35. The Labute approximate surface area is 216 Å². The summed E-state index contributed by atoms with van der Waals surface area (Å²) in [5.41, 5.74) is 2.07. The molecule has 0 saturated carbocycles. The van der Waals surface area contributed by atoms with Gasteiger partial charge in [-0.05, 0) is 59.3 Å². The summed E-state index contributed by atoms with van der Waals surface area (Å²) in [6, 6.07) is 18.2. The van der Waals surface area contributed by atoms with Crippen LogP contribution in [0.2, 0.25) is 0 Å². The highest BCUT2D eigenvalue weighted by Crippen LogP contribution is 2.38. The molecule has 1 aromatic heterocycles. The van der Waals surface area contributed by atoms with Gasteiger partial charge in [-0.25, -0.2) is 8.42 Å². The van der Waals surface area contributed by atoms with Gasteiger partial charge in [0.15, 0.2) is 5.69 Å². The number of carbonyl (C=O) groups is 1. The van der Waals surface area contributed by atoms with E-state index in [1.165, 1.54) is 29.9 Å². The lowest BCUT2D eigenvalue weighted by molar-refractivity contribution is -0.116. The number of hydrogen-bond donors (Lipinski definition) is 1. The fourth-order valence-electron chi connectivity index (χ4n) is 3.68. The second-order valence-corrected chi connectivity index (χ2v) is 10.7. The van der Waals surface area contributed by atoms with E-state index in [4.69, 9.17) is 4.74 Å². The van der Waals surface area contributed by atoms with E-state index in [-0.39, 0.29) is 16.5 Å². The number of para-hydroxylation sites is 1. The number of aromatic nitrogens is 1. The second-order valence-electron chi connectivity index (χ2n) is 7.99. The van der Waals surface area contributed by atoms with Crippen molar-refractivity contribution in [1.29, 1.82) is 0 Å². The summed E-state index contributed by atoms with van der Waals surface area (Å²) in [6.45, 7) is 1.28. The van der Waals surface area contributed by atoms with Gasteiger partial charge in [0.25, 0.3) is 15.9 Å². The molecule has 1 amide bonds. The number of aromatic hydroxyl groups is 1. The summed E-state index contributed by atoms with van der Waals surface area (Å²) >= 11 is 3.31. The van der Waals surface area contributed by atoms with Crippen molar-refractivity contribution >= 4 is 54.1 Å². The number of rotatable bonds is 7. The third kappa shape index (κ3) is 4.84. The summed E-state index contributed by atoms with van der Waals surface area (Å²) in [5, 5.41) is 18.8. The van der Waals surface area contributed by atoms with Crippen molar-refractivity contribution in [2.24, 2.45) is 17.3 Å². The Morgan fingerprint density at radius 3 is 2.47 bits per heavy atom. The number of amides is 1. The molecule has 0 atom stereocenters. The number of anilines is 1. The van der Waals surface area contributed by atoms with E-state index in [0.717, 1.165) is 9.87 Å². The van der Waals surface area contributed by atoms with Crippen LogP contribution >= 0.6 is 15.9 Å². The van der Waals surface area contributed by atoms with Gasteiger partial charge in [-0.2, -0.15) is 0 Å². The maximum absolute atomic E-state index is 13.6. The molecule has 11 heteroatoms. The first-order valence-electron chi connectivity index (χ1n) is 10.8. The van der Waals surface area contributed by atoms with Gasteiger partial charge in [-0.1, -0.05) is 35.9 Å². The van der Waals surface area contributed by atoms with Crippen LogP contribution in [0.5, 0.6) is 11.6 Å². The number of benzene rings is 3. The number of nitrogens with zero attached hydrogens (tertiary/aromatic N) is 4. The molecule has 186 valence electrons. The van der Waals surface area contributed by atoms with Crippen LogP contribution in [0.15, 0.2) is 86.3 Å². The molecule has 0 aliphatic heterocycles. The second kappa shape index (κ2) is 10.1. The Morgan fingerprint density at radius 1 is 1.11 bits per heavy atom. The van der Waals surface area contributed by atoms with Crippen LogP contribution in [-0.4, -0.2) is 37.7 Å². The van der Waals surface area contributed by atoms with Crippen LogP contribution in [0.1, 0.15) is 5.56 Å². The zero-order valence-corrected chi connectivity index (χ0v) is 22.1. The van der Waals surface area contributed by atoms with E-state index >= 15 is 0 Å². The molecule has 0 saturated heterocycles. The topological polar surface area (TPSA) is 114 Å². The summed E-state index contributed by atoms with van der Waals surface area (Å²) < 4.78 is 35.4. The molecule has 1 N–H and O–H groups in total. The molecule has 4 rings (SSSR count). The van der Waals surface area contributed by atoms with E-state index in [1.54, 1.807) is 49.5 Å². The molecule has 0 radical (unpaired) electrons. The summed E-state index contributed by atoms with van der Waals surface area (Å²) in [6.07, 6.45) is 0. The number of azo groups is 1. The highest BCUT2D eigenvalue weighted by Gasteiger charge is 2.28. The predicted octanol–water partition coefficient (Wildman–Crippen LogP) is 5.47. The molecular weight excluding hydrogens is 548 g/mol. The number of ether oxygens (including phenoxy) is 1. The minimum absolute atomic E-state index is 0.0350. The number of sulfonamides is 1. The van der Waals surface area contributed by atoms with Crippen LogP contribution in [0.3, 0.4) is 0 Å². The van der Waals surface area contributed by atoms with Gasteiger partial charge >= 0.3 is 0 Å². The Balaban J connectivity index is 1.70. The predicted molar refractivity (Wildman–Crippen MR) is 141 cm³/mol. The molecule has 9 nitrogen and oxygen atoms in total. The zero-order valence-electron chi connectivity index (χ0n) is 19.7. The van der Waals surface area contributed by atoms with Crippen molar-refractivity contribution in [3.05, 3.63) is 76.8 Å². The first-order chi connectivity index (χ1) is 17.1. The first kappa shape index (κ1) is 25.4. The highest BCUT2D eigenvalue weighted by molar-refractivity contribution is 9.10. The van der Waals surface area contributed by atoms with Crippen molar-refractivity contribution in [3.8, 4) is 11.6 Å². The SMILES string of the molecule is COc1ccc(S(=O)(=O)N(CC(=O)N=Nc2c(O)n(C)c3ccccc23)c2ccc(C)cc2)cc1Br. The molecule has 0 bridgehead atoms. The van der Waals surface area contributed by atoms with Gasteiger partial charge in [0.1, 0.15) is 12.3 Å². The Hall–Kier alpha value is -3.70. The Kier molecular flexibility index (Phi) is 7.14. The number of halogens is 1. The fourth-order valence-corrected chi connectivity index (χ4v) is 5.81. The van der Waals surface area contributed by atoms with E-state index in [1.807, 2.05) is 13.0 Å². The van der Waals surface area contributed by atoms with Crippen molar-refractivity contribution in [2.45, 2.75) is 11.8 Å². The van der Waals surface area contributed by atoms with E-state index in [2.05, 4.69) is 26.2 Å². The van der Waals surface area contributed by atoms with Gasteiger partial charge < -0.3 is 14.4 Å². The molecular formula is C25H23BrN4O5S. The number of aryl methyl sites for hydroxylation is 2. The van der Waals surface area contributed by atoms with E-state index in [0.29, 0.717) is 26.8 Å². The van der Waals surface area contributed by atoms with Crippen LogP contribution in [0.25, 0.3) is 10.9 Å². The molecule has 0 unspecified atom stereocenters. The first-order valence-corrected chi connectivity index (χ1v) is 13.0. The van der Waals surface area contributed by atoms with Crippen LogP contribution in [0, 0.1) is 6.92 Å². The smallest absolute Gasteiger partial charge is 0.285 e. The van der Waals surface area contributed by atoms with Crippen LogP contribution in [-0.2, 0) is 21.9 Å². The molecule has 0 aliphatic carbocycles. The van der Waals surface area contributed by atoms with Gasteiger partial charge in [0, 0.05) is 12.4 Å². The molecule has 1 heterocycles. The zero-order chi connectivity index (χ0) is 26.0. The number of carbonyl (C=O) groups excluding carboxylic acids is 1. The van der Waals surface area contributed by atoms with E-state index in [9.17, 15) is 18.3 Å². The molecule has 4 aromatic rings. The fraction of sp³-hybridized carbons (Fsp3) is 0.160. The van der Waals surface area contributed by atoms with Crippen molar-refractivity contribution < 1.29 is 23.1 Å². The third-order valence-electron chi connectivity index (χ3n) is 5.62. The van der Waals surface area contributed by atoms with E-state index < -0.39 is 22.5 Å². The van der Waals surface area contributed by atoms with Gasteiger partial charge in [-0.3, -0.25) is 9.10 Å². The minimum Gasteiger partial charge on any atom is -0.496 e. The number of methoxy groups -OCH3 is 1.